The molecule has 0 saturated heterocycles. The predicted octanol–water partition coefficient (Wildman–Crippen LogP) is 15.9. The maximum atomic E-state index is 11.8. The van der Waals surface area contributed by atoms with Crippen LogP contribution in [0.4, 0.5) is 0 Å². The van der Waals surface area contributed by atoms with Gasteiger partial charge in [0.05, 0.1) is 22.3 Å². The van der Waals surface area contributed by atoms with Gasteiger partial charge in [0, 0.05) is 25.8 Å². The number of phenols is 1. The molecule has 2 aromatic heterocycles. The minimum atomic E-state index is -0.933. The van der Waals surface area contributed by atoms with Gasteiger partial charge in [0.2, 0.25) is 0 Å². The van der Waals surface area contributed by atoms with Crippen LogP contribution in [-0.2, 0) is 10.8 Å². The number of hydrogen-bond donors (Lipinski definition) is 1. The van der Waals surface area contributed by atoms with Crippen LogP contribution in [0.25, 0.3) is 72.7 Å². The van der Waals surface area contributed by atoms with Gasteiger partial charge in [-0.3, -0.25) is 9.55 Å². The topological polar surface area (TPSA) is 50.9 Å². The van der Waals surface area contributed by atoms with Crippen molar-refractivity contribution in [3.63, 3.8) is 0 Å². The van der Waals surface area contributed by atoms with E-state index < -0.39 is 11.8 Å². The summed E-state index contributed by atoms with van der Waals surface area (Å²) in [6.07, 6.45) is 1.88. The van der Waals surface area contributed by atoms with Crippen molar-refractivity contribution in [2.75, 3.05) is 0 Å². The van der Waals surface area contributed by atoms with Crippen LogP contribution in [-0.4, -0.2) is 19.6 Å². The lowest BCUT2D eigenvalue weighted by molar-refractivity contribution is 0.472. The van der Waals surface area contributed by atoms with Crippen LogP contribution in [0.1, 0.15) is 117 Å². The molecule has 0 amide bonds. The number of hydrogen-bond acceptors (Lipinski definition) is 3. The van der Waals surface area contributed by atoms with Gasteiger partial charge in [0.1, 0.15) is 11.6 Å². The Hall–Kier alpha value is -6.26. The first-order valence-electron chi connectivity index (χ1n) is 22.8. The molecule has 0 aliphatic heterocycles. The highest BCUT2D eigenvalue weighted by Crippen LogP contribution is 2.43. The molecule has 62 heavy (non-hydrogen) atoms. The second-order valence-corrected chi connectivity index (χ2v) is 19.5. The Labute approximate surface area is 372 Å². The van der Waals surface area contributed by atoms with E-state index in [1.54, 1.807) is 0 Å². The number of pyridine rings is 1. The van der Waals surface area contributed by atoms with Gasteiger partial charge in [0.25, 0.3) is 0 Å². The molecule has 8 aromatic rings. The van der Waals surface area contributed by atoms with Crippen molar-refractivity contribution in [1.29, 1.82) is 0 Å². The van der Waals surface area contributed by atoms with Crippen LogP contribution in [0.2, 0.25) is 0 Å². The fourth-order valence-corrected chi connectivity index (χ4v) is 8.72. The monoisotopic (exact) mass is 817 g/mol. The zero-order chi connectivity index (χ0) is 46.1. The van der Waals surface area contributed by atoms with Crippen LogP contribution in [0.3, 0.4) is 0 Å². The molecule has 2 heterocycles. The van der Waals surface area contributed by atoms with Crippen molar-refractivity contribution in [3.8, 4) is 67.5 Å². The van der Waals surface area contributed by atoms with Crippen LogP contribution in [0.5, 0.6) is 5.75 Å². The summed E-state index contributed by atoms with van der Waals surface area (Å²) in [5.41, 5.74) is 17.2. The van der Waals surface area contributed by atoms with Gasteiger partial charge in [-0.25, -0.2) is 4.98 Å². The molecular formula is C58H61N3O. The van der Waals surface area contributed by atoms with Crippen LogP contribution < -0.4 is 0 Å². The average molecular weight is 818 g/mol. The summed E-state index contributed by atoms with van der Waals surface area (Å²) in [4.78, 5) is 10.4. The van der Waals surface area contributed by atoms with Gasteiger partial charge >= 0.3 is 0 Å². The van der Waals surface area contributed by atoms with Crippen molar-refractivity contribution in [2.24, 2.45) is 0 Å². The number of fused-ring (bicyclic) bond motifs is 1. The molecular weight excluding hydrogens is 755 g/mol. The van der Waals surface area contributed by atoms with E-state index in [9.17, 15) is 6.48 Å². The molecule has 314 valence electrons. The Bertz CT molecular complexity index is 3060. The van der Waals surface area contributed by atoms with Gasteiger partial charge in [-0.05, 0) is 146 Å². The Balaban J connectivity index is 1.36. The summed E-state index contributed by atoms with van der Waals surface area (Å²) in [7, 11) is 0. The van der Waals surface area contributed by atoms with E-state index in [1.807, 2.05) is 78.1 Å². The summed E-state index contributed by atoms with van der Waals surface area (Å²) in [6.45, 7) is 25.1. The Morgan fingerprint density at radius 3 is 2.00 bits per heavy atom. The minimum Gasteiger partial charge on any atom is -0.507 e. The van der Waals surface area contributed by atoms with Crippen molar-refractivity contribution in [1.82, 2.24) is 14.5 Å². The largest absolute Gasteiger partial charge is 0.507 e. The molecule has 0 radical (unpaired) electrons. The number of phenolic OH excluding ortho intramolecular Hbond substituents is 1. The molecule has 4 nitrogen and oxygen atoms in total. The number of aromatic nitrogens is 3. The summed E-state index contributed by atoms with van der Waals surface area (Å²) in [5, 5.41) is 11.8. The van der Waals surface area contributed by atoms with E-state index in [0.717, 1.165) is 83.6 Å². The highest BCUT2D eigenvalue weighted by atomic mass is 16.3. The fourth-order valence-electron chi connectivity index (χ4n) is 8.72. The Morgan fingerprint density at radius 1 is 0.597 bits per heavy atom. The third kappa shape index (κ3) is 8.11. The summed E-state index contributed by atoms with van der Waals surface area (Å²) in [6, 6.07) is 44.6. The minimum absolute atomic E-state index is 0.0982. The number of aromatic hydroxyl groups is 1. The number of benzene rings is 6. The lowest BCUT2D eigenvalue weighted by atomic mass is 9.80. The van der Waals surface area contributed by atoms with Crippen molar-refractivity contribution < 1.29 is 7.85 Å². The normalized spacial score (nSPS) is 13.0. The summed E-state index contributed by atoms with van der Waals surface area (Å²) >= 11 is 0. The first kappa shape index (κ1) is 39.9. The molecule has 8 rings (SSSR count). The molecule has 0 aliphatic carbocycles. The zero-order valence-electron chi connectivity index (χ0n) is 40.5. The Morgan fingerprint density at radius 2 is 1.31 bits per heavy atom. The van der Waals surface area contributed by atoms with E-state index in [4.69, 9.17) is 11.3 Å². The average Bonchev–Trinajstić information content (AvgIpc) is 3.63. The lowest BCUT2D eigenvalue weighted by Gasteiger charge is -2.25. The number of nitrogens with zero attached hydrogens (tertiary/aromatic N) is 3. The van der Waals surface area contributed by atoms with E-state index in [2.05, 4.69) is 143 Å². The third-order valence-electron chi connectivity index (χ3n) is 12.2. The van der Waals surface area contributed by atoms with Crippen LogP contribution >= 0.6 is 0 Å². The summed E-state index contributed by atoms with van der Waals surface area (Å²) < 4.78 is 20.2. The number of imidazole rings is 1. The molecule has 6 aromatic carbocycles. The molecule has 0 aliphatic rings. The number of aryl methyl sites for hydroxylation is 2. The summed E-state index contributed by atoms with van der Waals surface area (Å²) in [5.74, 6) is -0.779. The highest BCUT2D eigenvalue weighted by molar-refractivity contribution is 5.97. The molecule has 0 bridgehead atoms. The fraction of sp³-hybridized carbons (Fsp3) is 0.276. The number of para-hydroxylation sites is 1. The molecule has 1 N–H and O–H groups in total. The van der Waals surface area contributed by atoms with Gasteiger partial charge in [-0.1, -0.05) is 148 Å². The molecule has 0 atom stereocenters. The maximum absolute atomic E-state index is 11.8. The molecule has 4 heteroatoms. The Kier molecular flexibility index (Phi) is 10.4. The zero-order valence-corrected chi connectivity index (χ0v) is 38.5. The molecule has 0 spiro atoms. The van der Waals surface area contributed by atoms with Gasteiger partial charge < -0.3 is 5.11 Å². The van der Waals surface area contributed by atoms with Crippen LogP contribution in [0, 0.1) is 13.8 Å². The first-order chi connectivity index (χ1) is 30.0. The van der Waals surface area contributed by atoms with E-state index in [-0.39, 0.29) is 16.6 Å². The highest BCUT2D eigenvalue weighted by Gasteiger charge is 2.25. The molecule has 0 fully saturated rings. The van der Waals surface area contributed by atoms with Gasteiger partial charge in [-0.2, -0.15) is 0 Å². The van der Waals surface area contributed by atoms with Crippen molar-refractivity contribution in [2.45, 2.75) is 106 Å². The van der Waals surface area contributed by atoms with Crippen LogP contribution in [0.15, 0.2) is 134 Å². The van der Waals surface area contributed by atoms with E-state index >= 15 is 0 Å². The van der Waals surface area contributed by atoms with E-state index in [0.29, 0.717) is 11.4 Å². The second-order valence-electron chi connectivity index (χ2n) is 19.5. The number of rotatable bonds is 8. The smallest absolute Gasteiger partial charge is 0.149 e. The van der Waals surface area contributed by atoms with Gasteiger partial charge in [-0.15, -0.1) is 0 Å². The predicted molar refractivity (Wildman–Crippen MR) is 263 cm³/mol. The third-order valence-corrected chi connectivity index (χ3v) is 12.2. The lowest BCUT2D eigenvalue weighted by Crippen LogP contribution is -2.13. The van der Waals surface area contributed by atoms with Crippen molar-refractivity contribution >= 4 is 11.0 Å². The standard InChI is InChI=1S/C58H61N3O/c1-35(2)39-20-22-40(23-21-39)41-26-27-59-52(33-41)43-30-42(31-44(32-43)57(7,8)9)46-17-15-19-53-54(46)60-56(50-29-37(5)28-38(6)55(50)62)61(53)45-24-25-47(49(34-45)36(3)4)48-16-13-14-18-51(48)58(10,11)12/h13-36,62H,1-12H3/i35D,36D. The second kappa shape index (κ2) is 16.2. The van der Waals surface area contributed by atoms with E-state index in [1.165, 1.54) is 11.1 Å². The maximum Gasteiger partial charge on any atom is 0.149 e. The van der Waals surface area contributed by atoms with Crippen molar-refractivity contribution in [3.05, 3.63) is 167 Å². The SMILES string of the molecule is [2H]C(C)(C)c1ccc(-c2ccnc(-c3cc(-c4cccc5c4nc(-c4cc(C)cc(C)c4O)n5-c4ccc(-c5ccccc5C(C)(C)C)c(C([2H])(C)C)c4)cc(C(C)(C)C)c3)c2)cc1. The van der Waals surface area contributed by atoms with Gasteiger partial charge in [0.15, 0.2) is 0 Å². The first-order valence-corrected chi connectivity index (χ1v) is 21.8. The molecule has 0 saturated carbocycles. The quantitative estimate of drug-likeness (QED) is 0.166. The molecule has 0 unspecified atom stereocenters.